The quantitative estimate of drug-likeness (QED) is 0.705. The zero-order valence-corrected chi connectivity index (χ0v) is 14.8. The summed E-state index contributed by atoms with van der Waals surface area (Å²) in [6.45, 7) is 15.1. The van der Waals surface area contributed by atoms with E-state index < -0.39 is 8.24 Å². The molecular formula is C16H28LiNSi. The van der Waals surface area contributed by atoms with Gasteiger partial charge in [0.1, 0.15) is 0 Å². The van der Waals surface area contributed by atoms with Crippen molar-refractivity contribution in [1.29, 1.82) is 0 Å². The second-order valence-electron chi connectivity index (χ2n) is 6.15. The summed E-state index contributed by atoms with van der Waals surface area (Å²) in [6, 6.07) is 10.7. The third kappa shape index (κ3) is 4.50. The zero-order chi connectivity index (χ0) is 13.8. The Balaban J connectivity index is 0.00000324. The van der Waals surface area contributed by atoms with Crippen molar-refractivity contribution in [2.24, 2.45) is 0 Å². The smallest absolute Gasteiger partial charge is 0.660 e. The van der Waals surface area contributed by atoms with E-state index in [0.29, 0.717) is 16.6 Å². The molecule has 0 unspecified atom stereocenters. The van der Waals surface area contributed by atoms with Gasteiger partial charge >= 0.3 is 18.9 Å². The molecule has 0 aliphatic rings. The predicted octanol–water partition coefficient (Wildman–Crippen LogP) is 2.74. The van der Waals surface area contributed by atoms with Crippen LogP contribution in [0.5, 0.6) is 0 Å². The molecular weight excluding hydrogens is 241 g/mol. The summed E-state index contributed by atoms with van der Waals surface area (Å²) in [4.78, 5) is 5.26. The first-order chi connectivity index (χ1) is 8.41. The summed E-state index contributed by atoms with van der Waals surface area (Å²) < 4.78 is 0. The Morgan fingerprint density at radius 2 is 1.26 bits per heavy atom. The van der Waals surface area contributed by atoms with E-state index in [1.54, 1.807) is 0 Å². The minimum absolute atomic E-state index is 0. The Bertz CT molecular complexity index is 327. The molecule has 0 amide bonds. The third-order valence-corrected chi connectivity index (χ3v) is 10.4. The van der Waals surface area contributed by atoms with Crippen molar-refractivity contribution in [3.05, 3.63) is 40.9 Å². The molecule has 102 valence electrons. The number of nitrogens with zero attached hydrogens (tertiary/aromatic N) is 1. The van der Waals surface area contributed by atoms with E-state index in [4.69, 9.17) is 4.98 Å². The molecule has 0 saturated heterocycles. The molecule has 0 atom stereocenters. The molecule has 0 saturated carbocycles. The minimum Gasteiger partial charge on any atom is -0.660 e. The van der Waals surface area contributed by atoms with Crippen molar-refractivity contribution in [3.8, 4) is 0 Å². The van der Waals surface area contributed by atoms with Crippen LogP contribution in [0.25, 0.3) is 4.98 Å². The van der Waals surface area contributed by atoms with E-state index >= 15 is 0 Å². The standard InChI is InChI=1S/C16H28NSi.Li/c1-13(2)18(14(3)4,15(5)6)17-12-16-10-8-7-9-11-16;/h7-11,13-15H,12H2,1-6H3;/q-1;+1. The zero-order valence-electron chi connectivity index (χ0n) is 13.8. The number of hydrogen-bond donors (Lipinski definition) is 0. The molecule has 1 rings (SSSR count). The van der Waals surface area contributed by atoms with Gasteiger partial charge in [-0.05, 0) is 8.24 Å². The van der Waals surface area contributed by atoms with Gasteiger partial charge < -0.3 is 4.98 Å². The van der Waals surface area contributed by atoms with Crippen molar-refractivity contribution in [3.63, 3.8) is 0 Å². The van der Waals surface area contributed by atoms with Crippen molar-refractivity contribution < 1.29 is 18.9 Å². The maximum atomic E-state index is 5.26. The molecule has 0 spiro atoms. The second kappa shape index (κ2) is 8.32. The number of rotatable bonds is 6. The second-order valence-corrected chi connectivity index (χ2v) is 11.7. The molecule has 0 radical (unpaired) electrons. The van der Waals surface area contributed by atoms with Gasteiger partial charge in [-0.1, -0.05) is 94.1 Å². The average molecular weight is 269 g/mol. The third-order valence-electron chi connectivity index (χ3n) is 4.15. The summed E-state index contributed by atoms with van der Waals surface area (Å²) in [5, 5.41) is 0. The van der Waals surface area contributed by atoms with Crippen LogP contribution in [0.15, 0.2) is 30.3 Å². The van der Waals surface area contributed by atoms with E-state index in [2.05, 4.69) is 71.9 Å². The normalized spacial score (nSPS) is 12.1. The van der Waals surface area contributed by atoms with E-state index in [-0.39, 0.29) is 18.9 Å². The first-order valence-electron chi connectivity index (χ1n) is 7.13. The van der Waals surface area contributed by atoms with Gasteiger partial charge in [0.25, 0.3) is 0 Å². The Kier molecular flexibility index (Phi) is 8.32. The van der Waals surface area contributed by atoms with Gasteiger partial charge in [-0.25, -0.2) is 0 Å². The van der Waals surface area contributed by atoms with Gasteiger partial charge in [0.05, 0.1) is 0 Å². The maximum absolute atomic E-state index is 5.26. The summed E-state index contributed by atoms with van der Waals surface area (Å²) in [5.41, 5.74) is 3.47. The van der Waals surface area contributed by atoms with Gasteiger partial charge in [-0.3, -0.25) is 0 Å². The van der Waals surface area contributed by atoms with Crippen LogP contribution < -0.4 is 18.9 Å². The van der Waals surface area contributed by atoms with Gasteiger partial charge in [-0.15, -0.1) is 6.54 Å². The number of benzene rings is 1. The van der Waals surface area contributed by atoms with Crippen LogP contribution in [0, 0.1) is 0 Å². The van der Waals surface area contributed by atoms with E-state index in [9.17, 15) is 0 Å². The van der Waals surface area contributed by atoms with Crippen LogP contribution >= 0.6 is 0 Å². The first-order valence-corrected chi connectivity index (χ1v) is 9.31. The summed E-state index contributed by atoms with van der Waals surface area (Å²) in [6.07, 6.45) is 0. The van der Waals surface area contributed by atoms with Crippen LogP contribution in [0.1, 0.15) is 47.1 Å². The summed E-state index contributed by atoms with van der Waals surface area (Å²) in [7, 11) is -1.59. The van der Waals surface area contributed by atoms with Gasteiger partial charge in [0.2, 0.25) is 0 Å². The topological polar surface area (TPSA) is 14.1 Å². The largest absolute Gasteiger partial charge is 1.00 e. The monoisotopic (exact) mass is 269 g/mol. The Labute approximate surface area is 132 Å². The van der Waals surface area contributed by atoms with Gasteiger partial charge in [0.15, 0.2) is 0 Å². The Hall–Kier alpha value is -0.00571. The fourth-order valence-corrected chi connectivity index (χ4v) is 8.91. The fourth-order valence-electron chi connectivity index (χ4n) is 3.36. The Morgan fingerprint density at radius 3 is 1.63 bits per heavy atom. The molecule has 0 N–H and O–H groups in total. The van der Waals surface area contributed by atoms with Crippen molar-refractivity contribution in [1.82, 2.24) is 0 Å². The molecule has 0 aliphatic heterocycles. The molecule has 19 heavy (non-hydrogen) atoms. The number of hydrogen-bond acceptors (Lipinski definition) is 0. The van der Waals surface area contributed by atoms with Crippen LogP contribution in [0.2, 0.25) is 16.6 Å². The molecule has 1 nitrogen and oxygen atoms in total. The molecule has 1 aromatic carbocycles. The Morgan fingerprint density at radius 1 is 0.842 bits per heavy atom. The molecule has 1 aromatic rings. The van der Waals surface area contributed by atoms with Crippen LogP contribution in [-0.4, -0.2) is 8.24 Å². The maximum Gasteiger partial charge on any atom is 1.00 e. The van der Waals surface area contributed by atoms with Crippen molar-refractivity contribution >= 4 is 8.24 Å². The SMILES string of the molecule is CC(C)[Si]([N-]Cc1ccccc1)(C(C)C)C(C)C.[Li+]. The predicted molar refractivity (Wildman–Crippen MR) is 84.6 cm³/mol. The molecule has 0 aliphatic carbocycles. The van der Waals surface area contributed by atoms with E-state index in [1.165, 1.54) is 5.56 Å². The van der Waals surface area contributed by atoms with Gasteiger partial charge in [0, 0.05) is 0 Å². The fraction of sp³-hybridized carbons (Fsp3) is 0.625. The molecule has 0 fully saturated rings. The molecule has 0 aromatic heterocycles. The van der Waals surface area contributed by atoms with E-state index in [1.807, 2.05) is 0 Å². The van der Waals surface area contributed by atoms with Crippen molar-refractivity contribution in [2.45, 2.75) is 64.7 Å². The average Bonchev–Trinajstić information content (AvgIpc) is 2.29. The summed E-state index contributed by atoms with van der Waals surface area (Å²) in [5.74, 6) is 0. The summed E-state index contributed by atoms with van der Waals surface area (Å²) >= 11 is 0. The minimum atomic E-state index is -1.59. The van der Waals surface area contributed by atoms with Gasteiger partial charge in [-0.2, -0.15) is 0 Å². The van der Waals surface area contributed by atoms with Crippen molar-refractivity contribution in [2.75, 3.05) is 0 Å². The van der Waals surface area contributed by atoms with Crippen LogP contribution in [-0.2, 0) is 6.54 Å². The van der Waals surface area contributed by atoms with E-state index in [0.717, 1.165) is 6.54 Å². The van der Waals surface area contributed by atoms with Crippen LogP contribution in [0.4, 0.5) is 0 Å². The molecule has 3 heteroatoms. The van der Waals surface area contributed by atoms with Crippen LogP contribution in [0.3, 0.4) is 0 Å². The first kappa shape index (κ1) is 19.0. The molecule has 0 bridgehead atoms. The molecule has 0 heterocycles.